The smallest absolute Gasteiger partial charge is 0.357 e. The van der Waals surface area contributed by atoms with E-state index >= 15 is 0 Å². The molecule has 0 unspecified atom stereocenters. The summed E-state index contributed by atoms with van der Waals surface area (Å²) in [5.74, 6) is 0.718. The molecule has 13 heteroatoms. The normalized spacial score (nSPS) is 11.3. The number of rotatable bonds is 4. The van der Waals surface area contributed by atoms with Crippen molar-refractivity contribution in [2.45, 2.75) is 0 Å². The third-order valence-corrected chi connectivity index (χ3v) is 6.52. The fourth-order valence-electron chi connectivity index (χ4n) is 4.57. The summed E-state index contributed by atoms with van der Waals surface area (Å²) in [6.07, 6.45) is 0. The van der Waals surface area contributed by atoms with E-state index in [2.05, 4.69) is 20.4 Å². The van der Waals surface area contributed by atoms with Crippen LogP contribution in [0.2, 0.25) is 0 Å². The summed E-state index contributed by atoms with van der Waals surface area (Å²) in [5.41, 5.74) is 1.30. The van der Waals surface area contributed by atoms with Crippen molar-refractivity contribution in [1.82, 2.24) is 29.4 Å². The number of carboxylic acids is 1. The molecule has 0 saturated heterocycles. The van der Waals surface area contributed by atoms with Crippen LogP contribution in [0.15, 0.2) is 64.2 Å². The van der Waals surface area contributed by atoms with Crippen LogP contribution in [0.25, 0.3) is 43.7 Å². The number of benzene rings is 3. The number of nitrogens with one attached hydrogen (secondary N) is 1. The van der Waals surface area contributed by atoms with Crippen molar-refractivity contribution in [2.24, 2.45) is 0 Å². The van der Waals surface area contributed by atoms with E-state index in [1.54, 1.807) is 54.6 Å². The molecule has 40 heavy (non-hydrogen) atoms. The summed E-state index contributed by atoms with van der Waals surface area (Å²) in [6, 6.07) is 15.4. The van der Waals surface area contributed by atoms with Gasteiger partial charge in [-0.15, -0.1) is 0 Å². The molecule has 200 valence electrons. The molecule has 13 nitrogen and oxygen atoms in total. The first-order chi connectivity index (χ1) is 19.3. The zero-order valence-electron chi connectivity index (χ0n) is 21.3. The van der Waals surface area contributed by atoms with Crippen molar-refractivity contribution in [2.75, 3.05) is 21.3 Å². The van der Waals surface area contributed by atoms with Crippen LogP contribution in [0, 0.1) is 0 Å². The molecular formula is C27H20N6O7. The average molecular weight is 540 g/mol. The molecule has 0 bridgehead atoms. The second kappa shape index (κ2) is 9.23. The predicted octanol–water partition coefficient (Wildman–Crippen LogP) is 2.73. The molecule has 0 amide bonds. The van der Waals surface area contributed by atoms with Gasteiger partial charge < -0.3 is 19.3 Å². The number of fused-ring (bicyclic) bond motifs is 7. The molecule has 0 radical (unpaired) electrons. The predicted molar refractivity (Wildman–Crippen MR) is 145 cm³/mol. The van der Waals surface area contributed by atoms with Crippen LogP contribution >= 0.6 is 0 Å². The van der Waals surface area contributed by atoms with Crippen molar-refractivity contribution >= 4 is 49.7 Å². The number of aromatic nitrogens is 6. The summed E-state index contributed by atoms with van der Waals surface area (Å²) in [4.78, 5) is 36.9. The van der Waals surface area contributed by atoms with Gasteiger partial charge in [0.2, 0.25) is 0 Å². The van der Waals surface area contributed by atoms with Gasteiger partial charge in [0, 0.05) is 16.2 Å². The van der Waals surface area contributed by atoms with Gasteiger partial charge in [-0.05, 0) is 54.6 Å². The number of methoxy groups -OCH3 is 3. The Morgan fingerprint density at radius 3 is 1.62 bits per heavy atom. The average Bonchev–Trinajstić information content (AvgIpc) is 3.68. The molecule has 0 atom stereocenters. The Hall–Kier alpha value is -5.72. The maximum atomic E-state index is 13.1. The van der Waals surface area contributed by atoms with Gasteiger partial charge >= 0.3 is 5.97 Å². The Balaban J connectivity index is 0.000000175. The van der Waals surface area contributed by atoms with Crippen LogP contribution in [0.5, 0.6) is 17.2 Å². The molecule has 0 aliphatic rings. The van der Waals surface area contributed by atoms with Crippen molar-refractivity contribution in [3.05, 3.63) is 81.0 Å². The number of ether oxygens (including phenoxy) is 3. The molecule has 4 aromatic heterocycles. The SMILES string of the molecule is COc1ccc2[nH]nc(C(=O)O)c2c1.COc1ccc2nn3c(=O)c4c5cc(OC)ccc5nn4c(=O)c3c2c1. The Labute approximate surface area is 223 Å². The molecule has 0 aliphatic carbocycles. The topological polar surface area (TPSA) is 162 Å². The lowest BCUT2D eigenvalue weighted by molar-refractivity contribution is 0.0692. The molecule has 2 N–H and O–H groups in total. The Kier molecular flexibility index (Phi) is 5.68. The second-order valence-electron chi connectivity index (χ2n) is 8.69. The van der Waals surface area contributed by atoms with Crippen LogP contribution in [0.1, 0.15) is 10.5 Å². The number of H-pyrrole nitrogens is 1. The molecule has 7 rings (SSSR count). The van der Waals surface area contributed by atoms with Gasteiger partial charge in [-0.3, -0.25) is 14.7 Å². The highest BCUT2D eigenvalue weighted by molar-refractivity contribution is 6.01. The quantitative estimate of drug-likeness (QED) is 0.339. The molecule has 0 aliphatic heterocycles. The lowest BCUT2D eigenvalue weighted by Gasteiger charge is -1.98. The maximum Gasteiger partial charge on any atom is 0.357 e. The van der Waals surface area contributed by atoms with E-state index in [9.17, 15) is 14.4 Å². The van der Waals surface area contributed by atoms with E-state index in [0.717, 1.165) is 9.03 Å². The van der Waals surface area contributed by atoms with E-state index in [4.69, 9.17) is 19.3 Å². The van der Waals surface area contributed by atoms with Gasteiger partial charge in [0.05, 0.1) is 37.9 Å². The summed E-state index contributed by atoms with van der Waals surface area (Å²) in [5, 5.41) is 25.4. The van der Waals surface area contributed by atoms with Crippen molar-refractivity contribution in [1.29, 1.82) is 0 Å². The lowest BCUT2D eigenvalue weighted by Crippen LogP contribution is -2.27. The highest BCUT2D eigenvalue weighted by Crippen LogP contribution is 2.25. The number of hydrogen-bond donors (Lipinski definition) is 2. The van der Waals surface area contributed by atoms with Gasteiger partial charge in [-0.2, -0.15) is 24.3 Å². The third kappa shape index (κ3) is 3.71. The maximum absolute atomic E-state index is 13.1. The summed E-state index contributed by atoms with van der Waals surface area (Å²) in [7, 11) is 4.60. The largest absolute Gasteiger partial charge is 0.497 e. The molecule has 0 saturated carbocycles. The molecule has 4 heterocycles. The highest BCUT2D eigenvalue weighted by atomic mass is 16.5. The number of hydrogen-bond acceptors (Lipinski definition) is 9. The van der Waals surface area contributed by atoms with Crippen LogP contribution in [0.4, 0.5) is 0 Å². The van der Waals surface area contributed by atoms with E-state index in [-0.39, 0.29) is 16.7 Å². The van der Waals surface area contributed by atoms with Crippen LogP contribution in [0.3, 0.4) is 0 Å². The lowest BCUT2D eigenvalue weighted by atomic mass is 10.2. The van der Waals surface area contributed by atoms with Crippen LogP contribution in [-0.4, -0.2) is 61.8 Å². The minimum atomic E-state index is -1.05. The molecular weight excluding hydrogens is 520 g/mol. The zero-order valence-corrected chi connectivity index (χ0v) is 21.3. The highest BCUT2D eigenvalue weighted by Gasteiger charge is 2.20. The monoisotopic (exact) mass is 540 g/mol. The van der Waals surface area contributed by atoms with Crippen molar-refractivity contribution in [3.63, 3.8) is 0 Å². The first kappa shape index (κ1) is 24.6. The second-order valence-corrected chi connectivity index (χ2v) is 8.69. The Morgan fingerprint density at radius 1 is 0.725 bits per heavy atom. The van der Waals surface area contributed by atoms with Gasteiger partial charge in [0.25, 0.3) is 11.1 Å². The van der Waals surface area contributed by atoms with E-state index in [1.807, 2.05) is 0 Å². The summed E-state index contributed by atoms with van der Waals surface area (Å²) in [6.45, 7) is 0. The fraction of sp³-hybridized carbons (Fsp3) is 0.111. The van der Waals surface area contributed by atoms with Gasteiger partial charge in [-0.25, -0.2) is 4.79 Å². The minimum Gasteiger partial charge on any atom is -0.497 e. The van der Waals surface area contributed by atoms with E-state index < -0.39 is 17.1 Å². The number of carboxylic acid groups (broad SMARTS) is 1. The van der Waals surface area contributed by atoms with Crippen molar-refractivity contribution in [3.8, 4) is 17.2 Å². The molecule has 0 fully saturated rings. The third-order valence-electron chi connectivity index (χ3n) is 6.52. The van der Waals surface area contributed by atoms with Gasteiger partial charge in [0.1, 0.15) is 28.3 Å². The Bertz CT molecular complexity index is 2100. The molecule has 7 aromatic rings. The number of aromatic amines is 1. The van der Waals surface area contributed by atoms with E-state index in [1.165, 1.54) is 21.3 Å². The van der Waals surface area contributed by atoms with Gasteiger partial charge in [0.15, 0.2) is 5.69 Å². The standard InChI is InChI=1S/C18H12N4O4.C9H8N2O3/c1-25-9-3-5-13-11(7-9)15-17(23)22-16(18(24)21(15)19-13)12-8-10(26-2)4-6-14(12)20-22;1-14-5-2-3-7-6(4-5)8(9(12)13)11-10-7/h3-8H,1-2H3;2-4H,1H3,(H,10,11)(H,12,13). The molecule has 0 spiro atoms. The zero-order chi connectivity index (χ0) is 28.1. The van der Waals surface area contributed by atoms with Crippen LogP contribution < -0.4 is 25.3 Å². The number of nitrogens with zero attached hydrogens (tertiary/aromatic N) is 5. The fourth-order valence-corrected chi connectivity index (χ4v) is 4.57. The van der Waals surface area contributed by atoms with Gasteiger partial charge in [-0.1, -0.05) is 0 Å². The minimum absolute atomic E-state index is 0.0129. The van der Waals surface area contributed by atoms with E-state index in [0.29, 0.717) is 50.0 Å². The molecule has 3 aromatic carbocycles. The first-order valence-electron chi connectivity index (χ1n) is 11.8. The van der Waals surface area contributed by atoms with Crippen molar-refractivity contribution < 1.29 is 24.1 Å². The number of carbonyl (C=O) groups is 1. The first-order valence-corrected chi connectivity index (χ1v) is 11.8. The Morgan fingerprint density at radius 2 is 1.18 bits per heavy atom. The number of aromatic carboxylic acids is 1. The summed E-state index contributed by atoms with van der Waals surface area (Å²) >= 11 is 0. The van der Waals surface area contributed by atoms with Crippen LogP contribution in [-0.2, 0) is 0 Å². The summed E-state index contributed by atoms with van der Waals surface area (Å²) < 4.78 is 17.7.